The molecule has 6 heteroatoms. The number of rotatable bonds is 4. The van der Waals surface area contributed by atoms with Crippen molar-refractivity contribution in [3.05, 3.63) is 5.82 Å². The predicted molar refractivity (Wildman–Crippen MR) is 91.6 cm³/mol. The smallest absolute Gasteiger partial charge is 0.230 e. The van der Waals surface area contributed by atoms with E-state index < -0.39 is 0 Å². The van der Waals surface area contributed by atoms with Crippen LogP contribution in [0.3, 0.4) is 0 Å². The van der Waals surface area contributed by atoms with E-state index in [1.165, 1.54) is 19.3 Å². The van der Waals surface area contributed by atoms with Gasteiger partial charge in [0.1, 0.15) is 5.82 Å². The molecule has 0 amide bonds. The highest BCUT2D eigenvalue weighted by atomic mass is 32.2. The first-order valence-electron chi connectivity index (χ1n) is 7.72. The summed E-state index contributed by atoms with van der Waals surface area (Å²) in [5, 5.41) is 0.676. The van der Waals surface area contributed by atoms with E-state index in [1.54, 1.807) is 0 Å². The van der Waals surface area contributed by atoms with Crippen molar-refractivity contribution in [3.8, 4) is 0 Å². The second kappa shape index (κ2) is 7.29. The lowest BCUT2D eigenvalue weighted by atomic mass is 10.2. The van der Waals surface area contributed by atoms with Gasteiger partial charge in [-0.3, -0.25) is 0 Å². The highest BCUT2D eigenvalue weighted by molar-refractivity contribution is 7.99. The Hall–Kier alpha value is -1.04. The van der Waals surface area contributed by atoms with Gasteiger partial charge in [-0.1, -0.05) is 20.3 Å². The largest absolute Gasteiger partial charge is 0.347 e. The van der Waals surface area contributed by atoms with Gasteiger partial charge in [-0.25, -0.2) is 0 Å². The van der Waals surface area contributed by atoms with E-state index >= 15 is 0 Å². The lowest BCUT2D eigenvalue weighted by molar-refractivity contribution is 0.713. The summed E-state index contributed by atoms with van der Waals surface area (Å²) in [4.78, 5) is 18.2. The Bertz CT molecular complexity index is 437. The average molecular weight is 309 g/mol. The lowest BCUT2D eigenvalue weighted by Gasteiger charge is -2.25. The number of hydrogen-bond acceptors (Lipinski definition) is 6. The number of anilines is 2. The summed E-state index contributed by atoms with van der Waals surface area (Å²) < 4.78 is 0. The van der Waals surface area contributed by atoms with Gasteiger partial charge in [0, 0.05) is 38.4 Å². The normalized spacial score (nSPS) is 19.7. The molecular weight excluding hydrogens is 282 g/mol. The van der Waals surface area contributed by atoms with Crippen molar-refractivity contribution in [1.82, 2.24) is 15.0 Å². The maximum atomic E-state index is 4.72. The molecule has 0 spiro atoms. The lowest BCUT2D eigenvalue weighted by Crippen LogP contribution is -2.32. The zero-order chi connectivity index (χ0) is 15.4. The Balaban J connectivity index is 2.32. The van der Waals surface area contributed by atoms with Crippen molar-refractivity contribution >= 4 is 23.7 Å². The maximum Gasteiger partial charge on any atom is 0.230 e. The Morgan fingerprint density at radius 3 is 2.57 bits per heavy atom. The molecule has 0 radical (unpaired) electrons. The van der Waals surface area contributed by atoms with Crippen LogP contribution in [0.1, 0.15) is 44.9 Å². The molecule has 2 heterocycles. The fraction of sp³-hybridized carbons (Fsp3) is 0.800. The molecule has 1 unspecified atom stereocenters. The summed E-state index contributed by atoms with van der Waals surface area (Å²) in [6.45, 7) is 6.35. The summed E-state index contributed by atoms with van der Waals surface area (Å²) in [5.41, 5.74) is 0. The van der Waals surface area contributed by atoms with Gasteiger partial charge in [-0.05, 0) is 19.1 Å². The van der Waals surface area contributed by atoms with Gasteiger partial charge in [-0.2, -0.15) is 26.7 Å². The third kappa shape index (κ3) is 4.22. The van der Waals surface area contributed by atoms with E-state index in [-0.39, 0.29) is 0 Å². The molecular formula is C15H27N5S. The number of thioether (sulfide) groups is 1. The summed E-state index contributed by atoms with van der Waals surface area (Å²) >= 11 is 1.96. The highest BCUT2D eigenvalue weighted by Gasteiger charge is 2.21. The van der Waals surface area contributed by atoms with Crippen LogP contribution in [-0.2, 0) is 0 Å². The van der Waals surface area contributed by atoms with E-state index in [4.69, 9.17) is 4.98 Å². The van der Waals surface area contributed by atoms with Crippen LogP contribution in [0.4, 0.5) is 11.9 Å². The Morgan fingerprint density at radius 2 is 1.95 bits per heavy atom. The van der Waals surface area contributed by atoms with Crippen LogP contribution >= 0.6 is 11.8 Å². The molecule has 1 aromatic rings. The predicted octanol–water partition coefficient (Wildman–Crippen LogP) is 2.78. The molecule has 118 valence electrons. The highest BCUT2D eigenvalue weighted by Crippen LogP contribution is 2.24. The van der Waals surface area contributed by atoms with E-state index in [1.807, 2.05) is 30.8 Å². The molecule has 1 saturated heterocycles. The Labute approximate surface area is 132 Å². The van der Waals surface area contributed by atoms with Crippen molar-refractivity contribution in [1.29, 1.82) is 0 Å². The van der Waals surface area contributed by atoms with E-state index in [0.717, 1.165) is 30.8 Å². The van der Waals surface area contributed by atoms with E-state index in [2.05, 4.69) is 35.0 Å². The van der Waals surface area contributed by atoms with Crippen molar-refractivity contribution < 1.29 is 0 Å². The topological polar surface area (TPSA) is 45.2 Å². The SMILES string of the molecule is CSC1CCCCN(c2nc(C(C)C)nc(N(C)C)n2)C1. The fourth-order valence-corrected chi connectivity index (χ4v) is 3.18. The van der Waals surface area contributed by atoms with Gasteiger partial charge in [0.25, 0.3) is 0 Å². The fourth-order valence-electron chi connectivity index (χ4n) is 2.45. The first kappa shape index (κ1) is 16.3. The van der Waals surface area contributed by atoms with Gasteiger partial charge in [0.2, 0.25) is 11.9 Å². The standard InChI is InChI=1S/C15H27N5S/c1-11(2)13-16-14(19(3)4)18-15(17-13)20-9-7-6-8-12(10-20)21-5/h11-12H,6-10H2,1-5H3. The minimum atomic E-state index is 0.314. The summed E-state index contributed by atoms with van der Waals surface area (Å²) in [6, 6.07) is 0. The van der Waals surface area contributed by atoms with Crippen LogP contribution in [0.15, 0.2) is 0 Å². The van der Waals surface area contributed by atoms with Crippen molar-refractivity contribution in [2.45, 2.75) is 44.3 Å². The molecule has 1 aliphatic heterocycles. The summed E-state index contributed by atoms with van der Waals surface area (Å²) in [7, 11) is 3.96. The van der Waals surface area contributed by atoms with Gasteiger partial charge in [0.15, 0.2) is 0 Å². The molecule has 1 aliphatic rings. The molecule has 21 heavy (non-hydrogen) atoms. The second-order valence-corrected chi connectivity index (χ2v) is 7.28. The van der Waals surface area contributed by atoms with Gasteiger partial charge >= 0.3 is 0 Å². The average Bonchev–Trinajstić information content (AvgIpc) is 2.72. The van der Waals surface area contributed by atoms with Gasteiger partial charge in [-0.15, -0.1) is 0 Å². The van der Waals surface area contributed by atoms with Crippen LogP contribution in [0.25, 0.3) is 0 Å². The van der Waals surface area contributed by atoms with Gasteiger partial charge in [0.05, 0.1) is 0 Å². The molecule has 2 rings (SSSR count). The number of aromatic nitrogens is 3. The number of nitrogens with zero attached hydrogens (tertiary/aromatic N) is 5. The third-order valence-electron chi connectivity index (χ3n) is 3.79. The zero-order valence-corrected chi connectivity index (χ0v) is 14.7. The van der Waals surface area contributed by atoms with Crippen LogP contribution in [0.2, 0.25) is 0 Å². The molecule has 0 saturated carbocycles. The second-order valence-electron chi connectivity index (χ2n) is 6.14. The first-order valence-corrected chi connectivity index (χ1v) is 9.01. The molecule has 1 fully saturated rings. The quantitative estimate of drug-likeness (QED) is 0.852. The maximum absolute atomic E-state index is 4.72. The van der Waals surface area contributed by atoms with Crippen LogP contribution in [0, 0.1) is 0 Å². The molecule has 0 bridgehead atoms. The molecule has 0 N–H and O–H groups in total. The van der Waals surface area contributed by atoms with Crippen molar-refractivity contribution in [2.24, 2.45) is 0 Å². The molecule has 5 nitrogen and oxygen atoms in total. The summed E-state index contributed by atoms with van der Waals surface area (Å²) in [6.07, 6.45) is 6.01. The molecule has 1 aromatic heterocycles. The van der Waals surface area contributed by atoms with Crippen LogP contribution in [0.5, 0.6) is 0 Å². The van der Waals surface area contributed by atoms with Crippen LogP contribution in [-0.4, -0.2) is 53.6 Å². The van der Waals surface area contributed by atoms with Crippen molar-refractivity contribution in [2.75, 3.05) is 43.2 Å². The molecule has 1 atom stereocenters. The number of hydrogen-bond donors (Lipinski definition) is 0. The molecule has 0 aromatic carbocycles. The first-order chi connectivity index (χ1) is 10.0. The summed E-state index contributed by atoms with van der Waals surface area (Å²) in [5.74, 6) is 2.80. The minimum Gasteiger partial charge on any atom is -0.347 e. The van der Waals surface area contributed by atoms with Crippen molar-refractivity contribution in [3.63, 3.8) is 0 Å². The van der Waals surface area contributed by atoms with E-state index in [0.29, 0.717) is 11.2 Å². The minimum absolute atomic E-state index is 0.314. The Kier molecular flexibility index (Phi) is 5.67. The molecule has 0 aliphatic carbocycles. The Morgan fingerprint density at radius 1 is 1.19 bits per heavy atom. The zero-order valence-electron chi connectivity index (χ0n) is 13.8. The van der Waals surface area contributed by atoms with Gasteiger partial charge < -0.3 is 9.80 Å². The van der Waals surface area contributed by atoms with Crippen LogP contribution < -0.4 is 9.80 Å². The monoisotopic (exact) mass is 309 g/mol. The van der Waals surface area contributed by atoms with E-state index in [9.17, 15) is 0 Å². The third-order valence-corrected chi connectivity index (χ3v) is 4.84.